The number of rotatable bonds is 7. The monoisotopic (exact) mass is 466 g/mol. The third-order valence-electron chi connectivity index (χ3n) is 7.39. The summed E-state index contributed by atoms with van der Waals surface area (Å²) in [6, 6.07) is 13.2. The number of halogens is 1. The van der Waals surface area contributed by atoms with Crippen LogP contribution in [0.15, 0.2) is 48.7 Å². The number of hydrogen-bond donors (Lipinski definition) is 1. The SMILES string of the molecule is O=C(NC(CCN1CC2CN(C(=O)c3cccnc3F)C[C@@H]2C1)c1ccccc1)C1CCOC1. The standard InChI is InChI=1S/C26H31FN4O3/c27-24-22(7-4-10-28-24)26(33)31-15-20-13-30(14-21(20)16-31)11-8-23(18-5-2-1-3-6-18)29-25(32)19-9-12-34-17-19/h1-7,10,19-21,23H,8-9,11-17H2,(H,29,32)/t19?,20-,21?,23?/m0/s1. The minimum Gasteiger partial charge on any atom is -0.381 e. The Hall–Kier alpha value is -2.84. The Morgan fingerprint density at radius 3 is 2.53 bits per heavy atom. The van der Waals surface area contributed by atoms with Crippen molar-refractivity contribution in [1.82, 2.24) is 20.1 Å². The minimum absolute atomic E-state index is 0.0404. The Labute approximate surface area is 199 Å². The second kappa shape index (κ2) is 10.2. The average Bonchev–Trinajstić information content (AvgIpc) is 3.59. The number of carbonyl (C=O) groups excluding carboxylic acids is 2. The van der Waals surface area contributed by atoms with Gasteiger partial charge in [0.1, 0.15) is 0 Å². The van der Waals surface area contributed by atoms with Crippen molar-refractivity contribution in [3.05, 3.63) is 65.7 Å². The second-order valence-corrected chi connectivity index (χ2v) is 9.65. The van der Waals surface area contributed by atoms with Crippen LogP contribution in [0.25, 0.3) is 0 Å². The van der Waals surface area contributed by atoms with Crippen LogP contribution in [-0.2, 0) is 9.53 Å². The number of fused-ring (bicyclic) bond motifs is 1. The van der Waals surface area contributed by atoms with E-state index < -0.39 is 5.95 Å². The quantitative estimate of drug-likeness (QED) is 0.635. The molecule has 0 saturated carbocycles. The fraction of sp³-hybridized carbons (Fsp3) is 0.500. The topological polar surface area (TPSA) is 74.8 Å². The summed E-state index contributed by atoms with van der Waals surface area (Å²) in [6.07, 6.45) is 2.96. The van der Waals surface area contributed by atoms with Gasteiger partial charge in [0, 0.05) is 45.5 Å². The summed E-state index contributed by atoms with van der Waals surface area (Å²) in [5.74, 6) is -0.182. The molecule has 1 N–H and O–H groups in total. The van der Waals surface area contributed by atoms with Crippen molar-refractivity contribution >= 4 is 11.8 Å². The molecule has 34 heavy (non-hydrogen) atoms. The summed E-state index contributed by atoms with van der Waals surface area (Å²) in [6.45, 7) is 5.15. The van der Waals surface area contributed by atoms with E-state index in [2.05, 4.69) is 27.3 Å². The van der Waals surface area contributed by atoms with Crippen LogP contribution in [0, 0.1) is 23.7 Å². The normalized spacial score (nSPS) is 25.3. The van der Waals surface area contributed by atoms with E-state index in [-0.39, 0.29) is 29.3 Å². The molecule has 4 atom stereocenters. The lowest BCUT2D eigenvalue weighted by Crippen LogP contribution is -2.37. The maximum atomic E-state index is 13.9. The number of benzene rings is 1. The van der Waals surface area contributed by atoms with E-state index in [4.69, 9.17) is 4.74 Å². The van der Waals surface area contributed by atoms with Gasteiger partial charge in [0.25, 0.3) is 5.91 Å². The van der Waals surface area contributed by atoms with Crippen molar-refractivity contribution in [3.63, 3.8) is 0 Å². The third-order valence-corrected chi connectivity index (χ3v) is 7.39. The molecule has 5 rings (SSSR count). The van der Waals surface area contributed by atoms with E-state index in [9.17, 15) is 14.0 Å². The van der Waals surface area contributed by atoms with Crippen LogP contribution in [0.4, 0.5) is 4.39 Å². The number of ether oxygens (including phenoxy) is 1. The molecule has 3 fully saturated rings. The summed E-state index contributed by atoms with van der Waals surface area (Å²) in [5.41, 5.74) is 1.16. The molecule has 7 nitrogen and oxygen atoms in total. The summed E-state index contributed by atoms with van der Waals surface area (Å²) in [7, 11) is 0. The van der Waals surface area contributed by atoms with Crippen molar-refractivity contribution in [2.45, 2.75) is 18.9 Å². The van der Waals surface area contributed by atoms with Crippen LogP contribution < -0.4 is 5.32 Å². The number of likely N-dealkylation sites (tertiary alicyclic amines) is 2. The van der Waals surface area contributed by atoms with E-state index in [1.54, 1.807) is 11.0 Å². The Kier molecular flexibility index (Phi) is 6.87. The number of carbonyl (C=O) groups is 2. The zero-order valence-corrected chi connectivity index (χ0v) is 19.2. The van der Waals surface area contributed by atoms with Crippen molar-refractivity contribution in [2.24, 2.45) is 17.8 Å². The zero-order valence-electron chi connectivity index (χ0n) is 19.2. The molecule has 3 unspecified atom stereocenters. The molecule has 0 spiro atoms. The van der Waals surface area contributed by atoms with Crippen LogP contribution in [-0.4, -0.2) is 72.5 Å². The maximum absolute atomic E-state index is 13.9. The minimum atomic E-state index is -0.704. The van der Waals surface area contributed by atoms with Gasteiger partial charge in [0.2, 0.25) is 11.9 Å². The molecular formula is C26H31FN4O3. The van der Waals surface area contributed by atoms with Crippen molar-refractivity contribution < 1.29 is 18.7 Å². The number of hydrogen-bond acceptors (Lipinski definition) is 5. The molecule has 1 aromatic carbocycles. The van der Waals surface area contributed by atoms with Crippen LogP contribution in [0.5, 0.6) is 0 Å². The fourth-order valence-corrected chi connectivity index (χ4v) is 5.50. The molecule has 0 aliphatic carbocycles. The lowest BCUT2D eigenvalue weighted by atomic mass is 10.0. The highest BCUT2D eigenvalue weighted by atomic mass is 19.1. The summed E-state index contributed by atoms with van der Waals surface area (Å²) in [4.78, 5) is 33.3. The molecule has 2 amide bonds. The molecule has 0 bridgehead atoms. The van der Waals surface area contributed by atoms with Gasteiger partial charge in [-0.25, -0.2) is 4.98 Å². The highest BCUT2D eigenvalue weighted by molar-refractivity contribution is 5.94. The number of nitrogens with one attached hydrogen (secondary N) is 1. The summed E-state index contributed by atoms with van der Waals surface area (Å²) < 4.78 is 19.3. The molecule has 3 saturated heterocycles. The van der Waals surface area contributed by atoms with E-state index >= 15 is 0 Å². The van der Waals surface area contributed by atoms with E-state index in [0.29, 0.717) is 38.1 Å². The molecule has 0 radical (unpaired) electrons. The van der Waals surface area contributed by atoms with Crippen molar-refractivity contribution in [3.8, 4) is 0 Å². The molecule has 1 aromatic heterocycles. The van der Waals surface area contributed by atoms with Gasteiger partial charge in [-0.05, 0) is 42.4 Å². The van der Waals surface area contributed by atoms with Crippen molar-refractivity contribution in [2.75, 3.05) is 45.9 Å². The van der Waals surface area contributed by atoms with Gasteiger partial charge in [0.05, 0.1) is 24.1 Å². The van der Waals surface area contributed by atoms with Gasteiger partial charge in [0.15, 0.2) is 0 Å². The predicted molar refractivity (Wildman–Crippen MR) is 124 cm³/mol. The highest BCUT2D eigenvalue weighted by Crippen LogP contribution is 2.33. The fourth-order valence-electron chi connectivity index (χ4n) is 5.50. The van der Waals surface area contributed by atoms with E-state index in [1.807, 2.05) is 18.2 Å². The molecule has 180 valence electrons. The Balaban J connectivity index is 1.16. The first-order valence-electron chi connectivity index (χ1n) is 12.1. The second-order valence-electron chi connectivity index (χ2n) is 9.65. The van der Waals surface area contributed by atoms with Gasteiger partial charge in [-0.15, -0.1) is 0 Å². The van der Waals surface area contributed by atoms with Crippen LogP contribution in [0.3, 0.4) is 0 Å². The average molecular weight is 467 g/mol. The smallest absolute Gasteiger partial charge is 0.258 e. The number of aromatic nitrogens is 1. The number of amides is 2. The first-order chi connectivity index (χ1) is 16.6. The number of nitrogens with zero attached hydrogens (tertiary/aromatic N) is 3. The number of pyridine rings is 1. The Bertz CT molecular complexity index is 1000. The summed E-state index contributed by atoms with van der Waals surface area (Å²) in [5, 5.41) is 3.26. The molecule has 3 aliphatic rings. The molecule has 2 aromatic rings. The highest BCUT2D eigenvalue weighted by Gasteiger charge is 2.42. The Morgan fingerprint density at radius 2 is 1.85 bits per heavy atom. The van der Waals surface area contributed by atoms with Gasteiger partial charge >= 0.3 is 0 Å². The largest absolute Gasteiger partial charge is 0.381 e. The van der Waals surface area contributed by atoms with Gasteiger partial charge in [-0.3, -0.25) is 9.59 Å². The Morgan fingerprint density at radius 1 is 1.09 bits per heavy atom. The van der Waals surface area contributed by atoms with Crippen LogP contribution >= 0.6 is 0 Å². The lowest BCUT2D eigenvalue weighted by Gasteiger charge is -2.25. The molecular weight excluding hydrogens is 435 g/mol. The maximum Gasteiger partial charge on any atom is 0.258 e. The molecule has 4 heterocycles. The predicted octanol–water partition coefficient (Wildman–Crippen LogP) is 2.51. The molecule has 8 heteroatoms. The van der Waals surface area contributed by atoms with Gasteiger partial charge < -0.3 is 19.9 Å². The lowest BCUT2D eigenvalue weighted by molar-refractivity contribution is -0.125. The van der Waals surface area contributed by atoms with Gasteiger partial charge in [-0.1, -0.05) is 30.3 Å². The van der Waals surface area contributed by atoms with E-state index in [1.165, 1.54) is 12.3 Å². The summed E-state index contributed by atoms with van der Waals surface area (Å²) >= 11 is 0. The van der Waals surface area contributed by atoms with Gasteiger partial charge in [-0.2, -0.15) is 4.39 Å². The molecule has 3 aliphatic heterocycles. The van der Waals surface area contributed by atoms with Crippen molar-refractivity contribution in [1.29, 1.82) is 0 Å². The van der Waals surface area contributed by atoms with E-state index in [0.717, 1.165) is 38.0 Å². The first kappa shape index (κ1) is 22.9. The third kappa shape index (κ3) is 4.98. The zero-order chi connectivity index (χ0) is 23.5. The van der Waals surface area contributed by atoms with Crippen LogP contribution in [0.1, 0.15) is 34.8 Å². The van der Waals surface area contributed by atoms with Crippen LogP contribution in [0.2, 0.25) is 0 Å². The first-order valence-corrected chi connectivity index (χ1v) is 12.1.